The van der Waals surface area contributed by atoms with Crippen molar-refractivity contribution >= 4 is 35.8 Å². The van der Waals surface area contributed by atoms with Gasteiger partial charge >= 0.3 is 35.8 Å². The lowest BCUT2D eigenvalue weighted by Crippen LogP contribution is -2.95. The first-order chi connectivity index (χ1) is 26.6. The number of rotatable bonds is 9. The molecule has 4 saturated carbocycles. The fraction of sp³-hybridized carbons (Fsp3) is 0.750. The number of cyclic esters (lactones) is 1. The Kier molecular flexibility index (Phi) is 7.66. The van der Waals surface area contributed by atoms with E-state index in [0.717, 1.165) is 0 Å². The molecule has 8 aliphatic rings. The number of carbonyl (C=O) groups excluding carboxylic acids is 6. The number of furan rings is 1. The van der Waals surface area contributed by atoms with E-state index >= 15 is 0 Å². The Morgan fingerprint density at radius 3 is 2.21 bits per heavy atom. The first-order valence-electron chi connectivity index (χ1n) is 19.4. The smallest absolute Gasteiger partial charge is 0.341 e. The molecule has 310 valence electrons. The lowest BCUT2D eigenvalue weighted by atomic mass is 9.33. The van der Waals surface area contributed by atoms with Gasteiger partial charge in [-0.15, -0.1) is 0 Å². The van der Waals surface area contributed by atoms with Crippen LogP contribution in [-0.2, 0) is 76.1 Å². The van der Waals surface area contributed by atoms with Crippen LogP contribution < -0.4 is 0 Å². The highest BCUT2D eigenvalue weighted by atomic mass is 16.9. The van der Waals surface area contributed by atoms with E-state index in [1.807, 2.05) is 13.8 Å². The van der Waals surface area contributed by atoms with Crippen LogP contribution in [0.4, 0.5) is 0 Å². The van der Waals surface area contributed by atoms with Crippen LogP contribution in [0.1, 0.15) is 99.2 Å². The summed E-state index contributed by atoms with van der Waals surface area (Å²) in [6.07, 6.45) is -2.21. The number of epoxide rings is 1. The average molecular weight is 801 g/mol. The van der Waals surface area contributed by atoms with Gasteiger partial charge in [0.15, 0.2) is 17.8 Å². The first-order valence-corrected chi connectivity index (χ1v) is 19.4. The minimum absolute atomic E-state index is 0.0294. The van der Waals surface area contributed by atoms with Gasteiger partial charge in [0, 0.05) is 56.4 Å². The summed E-state index contributed by atoms with van der Waals surface area (Å²) < 4.78 is 70.2. The summed E-state index contributed by atoms with van der Waals surface area (Å²) in [6.45, 7) is 11.8. The number of methoxy groups -OCH3 is 1. The Labute approximate surface area is 327 Å². The molecular weight excluding hydrogens is 752 g/mol. The number of fused-ring (bicyclic) bond motifs is 3. The zero-order chi connectivity index (χ0) is 41.1. The largest absolute Gasteiger partial charge is 0.472 e. The van der Waals surface area contributed by atoms with Gasteiger partial charge in [-0.05, 0) is 45.1 Å². The maximum atomic E-state index is 14.3. The second kappa shape index (κ2) is 11.4. The lowest BCUT2D eigenvalue weighted by molar-refractivity contribution is -0.485. The Hall–Kier alpha value is -4.06. The van der Waals surface area contributed by atoms with Gasteiger partial charge in [-0.2, -0.15) is 0 Å². The Morgan fingerprint density at radius 2 is 1.61 bits per heavy atom. The fourth-order valence-corrected chi connectivity index (χ4v) is 13.6. The minimum atomic E-state index is -2.23. The van der Waals surface area contributed by atoms with E-state index in [0.29, 0.717) is 5.56 Å². The molecule has 17 heteroatoms. The van der Waals surface area contributed by atoms with Gasteiger partial charge in [-0.25, -0.2) is 4.79 Å². The quantitative estimate of drug-likeness (QED) is 0.199. The molecule has 57 heavy (non-hydrogen) atoms. The first kappa shape index (κ1) is 38.5. The number of hydrogen-bond donors (Lipinski definition) is 0. The van der Waals surface area contributed by atoms with Crippen LogP contribution in [0.3, 0.4) is 0 Å². The molecule has 4 aliphatic heterocycles. The van der Waals surface area contributed by atoms with Crippen LogP contribution in [-0.4, -0.2) is 102 Å². The van der Waals surface area contributed by atoms with E-state index < -0.39 is 129 Å². The van der Waals surface area contributed by atoms with E-state index in [-0.39, 0.29) is 32.3 Å². The fourth-order valence-electron chi connectivity index (χ4n) is 13.6. The monoisotopic (exact) mass is 800 g/mol. The molecule has 15 atom stereocenters. The van der Waals surface area contributed by atoms with Crippen LogP contribution in [0, 0.1) is 28.1 Å². The SMILES string of the molecule is COC(=O)C[C@@H]1[C@](C)([C@@H](OC(C)=O)c2ccoc2)CC[C@@]23OC4(C)O[C@@]12[C@H](OC(C)=O)[C@@]1(OC(C)=O)[C@@H](OC(=O)[C@@]2(C)O[C@@H]2C)[C@@]2(C)C[C@@]1(O4)[C@]31COC(=O)C[C@@H]21. The van der Waals surface area contributed by atoms with Crippen molar-refractivity contribution in [2.45, 2.75) is 146 Å². The normalized spacial score (nSPS) is 49.5. The molecule has 0 radical (unpaired) electrons. The third-order valence-corrected chi connectivity index (χ3v) is 15.4. The molecule has 0 aromatic carbocycles. The van der Waals surface area contributed by atoms with Crippen LogP contribution >= 0.6 is 0 Å². The molecular formula is C40H48O17. The van der Waals surface area contributed by atoms with Gasteiger partial charge in [0.05, 0.1) is 37.6 Å². The zero-order valence-corrected chi connectivity index (χ0v) is 33.4. The van der Waals surface area contributed by atoms with E-state index in [2.05, 4.69) is 0 Å². The second-order valence-electron chi connectivity index (χ2n) is 18.1. The van der Waals surface area contributed by atoms with Gasteiger partial charge < -0.3 is 51.8 Å². The summed E-state index contributed by atoms with van der Waals surface area (Å²) in [5.41, 5.74) is -12.5. The molecule has 0 N–H and O–H groups in total. The predicted molar refractivity (Wildman–Crippen MR) is 184 cm³/mol. The minimum Gasteiger partial charge on any atom is -0.472 e. The van der Waals surface area contributed by atoms with Crippen molar-refractivity contribution < 1.29 is 80.6 Å². The Bertz CT molecular complexity index is 2000. The van der Waals surface area contributed by atoms with Crippen molar-refractivity contribution in [2.75, 3.05) is 13.7 Å². The third kappa shape index (κ3) is 4.18. The van der Waals surface area contributed by atoms with Gasteiger partial charge in [0.2, 0.25) is 5.60 Å². The van der Waals surface area contributed by atoms with Gasteiger partial charge in [-0.3, -0.25) is 24.0 Å². The molecule has 1 unspecified atom stereocenters. The van der Waals surface area contributed by atoms with E-state index in [4.69, 9.17) is 51.8 Å². The van der Waals surface area contributed by atoms with Gasteiger partial charge in [0.25, 0.3) is 5.97 Å². The van der Waals surface area contributed by atoms with Crippen LogP contribution in [0.2, 0.25) is 0 Å². The molecule has 4 aliphatic carbocycles. The maximum absolute atomic E-state index is 14.3. The van der Waals surface area contributed by atoms with Crippen molar-refractivity contribution in [3.63, 3.8) is 0 Å². The van der Waals surface area contributed by atoms with Crippen molar-refractivity contribution in [1.29, 1.82) is 0 Å². The summed E-state index contributed by atoms with van der Waals surface area (Å²) in [5, 5.41) is 0. The lowest BCUT2D eigenvalue weighted by Gasteiger charge is -2.77. The molecule has 8 fully saturated rings. The number of ether oxygens (including phenoxy) is 10. The predicted octanol–water partition coefficient (Wildman–Crippen LogP) is 3.14. The summed E-state index contributed by atoms with van der Waals surface area (Å²) in [4.78, 5) is 82.4. The molecule has 4 bridgehead atoms. The number of hydrogen-bond acceptors (Lipinski definition) is 17. The molecule has 17 nitrogen and oxygen atoms in total. The molecule has 3 spiro atoms. The topological polar surface area (TPSA) is 211 Å². The van der Waals surface area contributed by atoms with Gasteiger partial charge in [-0.1, -0.05) is 13.8 Å². The number of carbonyl (C=O) groups is 6. The van der Waals surface area contributed by atoms with Crippen molar-refractivity contribution in [1.82, 2.24) is 0 Å². The standard InChI is InChI=1S/C40H48O17/c1-19-34(7,53-19)31(46)52-29-33(6)17-38-36(18-49-27(45)14-24(33)36)37-12-11-32(5,28(50-20(2)41)23-10-13-48-16-23)25(15-26(44)47-9)39(37,57-35(8,55-37)56-38)30(51-21(3)42)40(29,38)54-22(4)43/h10,13,16,19,24-25,28-30H,11-12,14-15,17-18H2,1-9H3/t19-,24+,25-,28+,29+,30+,32-,33+,34+,35?,36+,37+,38-,39-,40+/m1/s1. The molecule has 5 heterocycles. The van der Waals surface area contributed by atoms with E-state index in [9.17, 15) is 28.8 Å². The summed E-state index contributed by atoms with van der Waals surface area (Å²) in [7, 11) is 1.22. The van der Waals surface area contributed by atoms with E-state index in [1.165, 1.54) is 40.4 Å². The average Bonchev–Trinajstić information content (AvgIpc) is 3.47. The van der Waals surface area contributed by atoms with Crippen LogP contribution in [0.15, 0.2) is 23.0 Å². The summed E-state index contributed by atoms with van der Waals surface area (Å²) >= 11 is 0. The van der Waals surface area contributed by atoms with Gasteiger partial charge in [0.1, 0.15) is 29.5 Å². The maximum Gasteiger partial charge on any atom is 0.341 e. The molecule has 1 aromatic heterocycles. The van der Waals surface area contributed by atoms with Crippen LogP contribution in [0.25, 0.3) is 0 Å². The molecule has 0 amide bonds. The highest BCUT2D eigenvalue weighted by Gasteiger charge is 3.06. The summed E-state index contributed by atoms with van der Waals surface area (Å²) in [6, 6.07) is 1.64. The summed E-state index contributed by atoms with van der Waals surface area (Å²) in [5.74, 6) is -8.18. The Morgan fingerprint density at radius 1 is 0.912 bits per heavy atom. The van der Waals surface area contributed by atoms with E-state index in [1.54, 1.807) is 26.8 Å². The highest BCUT2D eigenvalue weighted by Crippen LogP contribution is 2.90. The van der Waals surface area contributed by atoms with Crippen molar-refractivity contribution in [2.24, 2.45) is 28.1 Å². The molecule has 1 aromatic rings. The van der Waals surface area contributed by atoms with Crippen LogP contribution in [0.5, 0.6) is 0 Å². The van der Waals surface area contributed by atoms with Crippen molar-refractivity contribution in [3.05, 3.63) is 24.2 Å². The number of esters is 6. The zero-order valence-electron chi connectivity index (χ0n) is 33.4. The molecule has 9 rings (SSSR count). The van der Waals surface area contributed by atoms with Crippen molar-refractivity contribution in [3.8, 4) is 0 Å². The highest BCUT2D eigenvalue weighted by molar-refractivity contribution is 5.83. The Balaban J connectivity index is 1.40. The second-order valence-corrected chi connectivity index (χ2v) is 18.1. The third-order valence-electron chi connectivity index (χ3n) is 15.4. The molecule has 4 saturated heterocycles.